The molecule has 0 atom stereocenters. The molecule has 6 heteroatoms. The number of ether oxygens (including phenoxy) is 1. The van der Waals surface area contributed by atoms with Gasteiger partial charge in [0.25, 0.3) is 0 Å². The summed E-state index contributed by atoms with van der Waals surface area (Å²) in [6, 6.07) is 4.57. The van der Waals surface area contributed by atoms with Crippen LogP contribution in [-0.2, 0) is 16.0 Å². The molecule has 0 aromatic heterocycles. The lowest BCUT2D eigenvalue weighted by Crippen LogP contribution is -2.33. The van der Waals surface area contributed by atoms with Crippen LogP contribution in [0.2, 0.25) is 0 Å². The average molecular weight is 333 g/mol. The fraction of sp³-hybridized carbons (Fsp3) is 0.462. The molecule has 0 aliphatic carbocycles. The molecule has 1 amide bonds. The molecule has 0 radical (unpaired) electrons. The molecular weight excluding hydrogens is 315 g/mol. The maximum Gasteiger partial charge on any atom is 0.224 e. The summed E-state index contributed by atoms with van der Waals surface area (Å²) in [5.41, 5.74) is 0.776. The van der Waals surface area contributed by atoms with Gasteiger partial charge in [-0.3, -0.25) is 4.79 Å². The number of nitrogens with one attached hydrogen (secondary N) is 2. The number of benzene rings is 1. The van der Waals surface area contributed by atoms with Crippen molar-refractivity contribution in [3.63, 3.8) is 0 Å². The summed E-state index contributed by atoms with van der Waals surface area (Å²) < 4.78 is 18.3. The van der Waals surface area contributed by atoms with Gasteiger partial charge in [0, 0.05) is 26.7 Å². The fourth-order valence-corrected chi connectivity index (χ4v) is 1.91. The van der Waals surface area contributed by atoms with Crippen molar-refractivity contribution in [2.45, 2.75) is 6.42 Å². The summed E-state index contributed by atoms with van der Waals surface area (Å²) in [6.45, 7) is 2.67. The van der Waals surface area contributed by atoms with E-state index < -0.39 is 0 Å². The van der Waals surface area contributed by atoms with Crippen molar-refractivity contribution >= 4 is 21.8 Å². The Morgan fingerprint density at radius 1 is 1.37 bits per heavy atom. The van der Waals surface area contributed by atoms with Crippen LogP contribution >= 0.6 is 15.9 Å². The zero-order valence-electron chi connectivity index (χ0n) is 10.8. The van der Waals surface area contributed by atoms with Crippen molar-refractivity contribution in [2.24, 2.45) is 0 Å². The van der Waals surface area contributed by atoms with E-state index in [1.54, 1.807) is 19.2 Å². The molecule has 1 rings (SSSR count). The van der Waals surface area contributed by atoms with Crippen LogP contribution < -0.4 is 10.6 Å². The highest BCUT2D eigenvalue weighted by Crippen LogP contribution is 2.16. The molecule has 2 N–H and O–H groups in total. The summed E-state index contributed by atoms with van der Waals surface area (Å²) in [7, 11) is 1.64. The van der Waals surface area contributed by atoms with E-state index in [0.29, 0.717) is 24.2 Å². The van der Waals surface area contributed by atoms with Crippen molar-refractivity contribution in [2.75, 3.05) is 33.4 Å². The molecule has 0 saturated heterocycles. The number of methoxy groups -OCH3 is 1. The summed E-state index contributed by atoms with van der Waals surface area (Å²) in [5, 5.41) is 5.92. The topological polar surface area (TPSA) is 50.4 Å². The van der Waals surface area contributed by atoms with Gasteiger partial charge in [-0.2, -0.15) is 0 Å². The highest BCUT2D eigenvalue weighted by molar-refractivity contribution is 9.10. The van der Waals surface area contributed by atoms with E-state index in [2.05, 4.69) is 26.6 Å². The van der Waals surface area contributed by atoms with E-state index in [0.717, 1.165) is 12.1 Å². The number of halogens is 2. The van der Waals surface area contributed by atoms with Gasteiger partial charge in [0.1, 0.15) is 5.82 Å². The summed E-state index contributed by atoms with van der Waals surface area (Å²) >= 11 is 3.10. The van der Waals surface area contributed by atoms with Gasteiger partial charge >= 0.3 is 0 Å². The van der Waals surface area contributed by atoms with Gasteiger partial charge in [0.05, 0.1) is 17.5 Å². The van der Waals surface area contributed by atoms with Crippen molar-refractivity contribution in [3.05, 3.63) is 34.1 Å². The number of carbonyl (C=O) groups is 1. The van der Waals surface area contributed by atoms with Crippen molar-refractivity contribution in [1.29, 1.82) is 0 Å². The third-order valence-electron chi connectivity index (χ3n) is 2.46. The van der Waals surface area contributed by atoms with Crippen molar-refractivity contribution < 1.29 is 13.9 Å². The van der Waals surface area contributed by atoms with Crippen LogP contribution in [0.5, 0.6) is 0 Å². The first kappa shape index (κ1) is 16.1. The Labute approximate surface area is 120 Å². The van der Waals surface area contributed by atoms with Crippen LogP contribution in [0.3, 0.4) is 0 Å². The molecule has 106 valence electrons. The third kappa shape index (κ3) is 6.66. The van der Waals surface area contributed by atoms with E-state index in [-0.39, 0.29) is 18.1 Å². The Balaban J connectivity index is 2.21. The van der Waals surface area contributed by atoms with Crippen LogP contribution in [0.4, 0.5) is 4.39 Å². The predicted molar refractivity (Wildman–Crippen MR) is 75.6 cm³/mol. The molecular formula is C13H18BrFN2O2. The number of hydrogen-bond acceptors (Lipinski definition) is 3. The largest absolute Gasteiger partial charge is 0.383 e. The normalized spacial score (nSPS) is 10.5. The van der Waals surface area contributed by atoms with E-state index in [1.165, 1.54) is 6.07 Å². The molecule has 0 aliphatic heterocycles. The molecule has 19 heavy (non-hydrogen) atoms. The monoisotopic (exact) mass is 332 g/mol. The van der Waals surface area contributed by atoms with Gasteiger partial charge < -0.3 is 15.4 Å². The van der Waals surface area contributed by atoms with Gasteiger partial charge in [-0.1, -0.05) is 6.07 Å². The minimum absolute atomic E-state index is 0.0768. The highest BCUT2D eigenvalue weighted by Gasteiger charge is 2.05. The lowest BCUT2D eigenvalue weighted by molar-refractivity contribution is -0.120. The second kappa shape index (κ2) is 9.01. The third-order valence-corrected chi connectivity index (χ3v) is 3.06. The first-order chi connectivity index (χ1) is 9.13. The minimum Gasteiger partial charge on any atom is -0.383 e. The second-order valence-corrected chi connectivity index (χ2v) is 4.87. The smallest absolute Gasteiger partial charge is 0.224 e. The van der Waals surface area contributed by atoms with Gasteiger partial charge in [-0.15, -0.1) is 0 Å². The Hall–Kier alpha value is -0.980. The Morgan fingerprint density at radius 2 is 2.16 bits per heavy atom. The van der Waals surface area contributed by atoms with Crippen molar-refractivity contribution in [1.82, 2.24) is 10.6 Å². The molecule has 0 unspecified atom stereocenters. The zero-order valence-corrected chi connectivity index (χ0v) is 12.4. The average Bonchev–Trinajstić information content (AvgIpc) is 2.38. The molecule has 1 aromatic rings. The van der Waals surface area contributed by atoms with E-state index in [9.17, 15) is 9.18 Å². The lowest BCUT2D eigenvalue weighted by atomic mass is 10.1. The van der Waals surface area contributed by atoms with Gasteiger partial charge in [0.2, 0.25) is 5.91 Å². The minimum atomic E-state index is -0.327. The SMILES string of the molecule is COCCNCCNC(=O)Cc1ccc(F)c(Br)c1. The Morgan fingerprint density at radius 3 is 2.84 bits per heavy atom. The molecule has 1 aromatic carbocycles. The maximum atomic E-state index is 13.0. The van der Waals surface area contributed by atoms with Crippen LogP contribution in [0.25, 0.3) is 0 Å². The molecule has 0 saturated carbocycles. The predicted octanol–water partition coefficient (Wildman–Crippen LogP) is 1.48. The lowest BCUT2D eigenvalue weighted by Gasteiger charge is -2.07. The fourth-order valence-electron chi connectivity index (χ4n) is 1.49. The first-order valence-corrected chi connectivity index (χ1v) is 6.83. The van der Waals surface area contributed by atoms with E-state index in [1.807, 2.05) is 0 Å². The molecule has 0 aliphatic rings. The highest BCUT2D eigenvalue weighted by atomic mass is 79.9. The number of amides is 1. The number of rotatable bonds is 8. The Kier molecular flexibility index (Phi) is 7.62. The Bertz CT molecular complexity index is 416. The van der Waals surface area contributed by atoms with Crippen LogP contribution in [0.1, 0.15) is 5.56 Å². The van der Waals surface area contributed by atoms with Gasteiger partial charge in [-0.05, 0) is 33.6 Å². The molecule has 0 bridgehead atoms. The van der Waals surface area contributed by atoms with E-state index >= 15 is 0 Å². The van der Waals surface area contributed by atoms with Gasteiger partial charge in [0.15, 0.2) is 0 Å². The molecule has 4 nitrogen and oxygen atoms in total. The van der Waals surface area contributed by atoms with Crippen LogP contribution in [-0.4, -0.2) is 39.3 Å². The number of carbonyl (C=O) groups excluding carboxylic acids is 1. The molecule has 0 heterocycles. The summed E-state index contributed by atoms with van der Waals surface area (Å²) in [4.78, 5) is 11.6. The quantitative estimate of drug-likeness (QED) is 0.709. The number of hydrogen-bond donors (Lipinski definition) is 2. The summed E-state index contributed by atoms with van der Waals surface area (Å²) in [5.74, 6) is -0.404. The summed E-state index contributed by atoms with van der Waals surface area (Å²) in [6.07, 6.45) is 0.247. The first-order valence-electron chi connectivity index (χ1n) is 6.03. The van der Waals surface area contributed by atoms with Crippen molar-refractivity contribution in [3.8, 4) is 0 Å². The van der Waals surface area contributed by atoms with E-state index in [4.69, 9.17) is 4.74 Å². The zero-order chi connectivity index (χ0) is 14.1. The van der Waals surface area contributed by atoms with Crippen LogP contribution in [0, 0.1) is 5.82 Å². The van der Waals surface area contributed by atoms with Gasteiger partial charge in [-0.25, -0.2) is 4.39 Å². The molecule has 0 fully saturated rings. The second-order valence-electron chi connectivity index (χ2n) is 4.02. The standard InChI is InChI=1S/C13H18BrFN2O2/c1-19-7-6-16-4-5-17-13(18)9-10-2-3-12(15)11(14)8-10/h2-3,8,16H,4-7,9H2,1H3,(H,17,18). The maximum absolute atomic E-state index is 13.0. The van der Waals surface area contributed by atoms with Crippen LogP contribution in [0.15, 0.2) is 22.7 Å². The molecule has 0 spiro atoms.